The van der Waals surface area contributed by atoms with Crippen LogP contribution in [0.15, 0.2) is 0 Å². The molecule has 0 bridgehead atoms. The van der Waals surface area contributed by atoms with Crippen molar-refractivity contribution in [2.45, 2.75) is 12.3 Å². The number of hydrogen-bond acceptors (Lipinski definition) is 2. The summed E-state index contributed by atoms with van der Waals surface area (Å²) in [6, 6.07) is 0. The summed E-state index contributed by atoms with van der Waals surface area (Å²) < 4.78 is 20.4. The van der Waals surface area contributed by atoms with Crippen molar-refractivity contribution in [1.82, 2.24) is 0 Å². The molecule has 0 fully saturated rings. The molecule has 0 aromatic carbocycles. The quantitative estimate of drug-likeness (QED) is 0.348. The minimum atomic E-state index is -4.64. The first-order valence-electron chi connectivity index (χ1n) is 2.26. The Morgan fingerprint density at radius 3 is 1.17 bits per heavy atom. The zero-order valence-corrected chi connectivity index (χ0v) is 6.87. The summed E-state index contributed by atoms with van der Waals surface area (Å²) in [5, 5.41) is -1.90. The van der Waals surface area contributed by atoms with Gasteiger partial charge in [0.2, 0.25) is 0 Å². The minimum absolute atomic E-state index is 0. The van der Waals surface area contributed by atoms with E-state index in [0.717, 1.165) is 6.92 Å². The summed E-state index contributed by atoms with van der Waals surface area (Å²) in [4.78, 5) is 33.0. The predicted molar refractivity (Wildman–Crippen MR) is 47.8 cm³/mol. The SMILES string of the molecule is CC(P(=O)(O)O)P(=O)(O)O.[KH].[NaH]. The van der Waals surface area contributed by atoms with Crippen molar-refractivity contribution in [2.24, 2.45) is 0 Å². The van der Waals surface area contributed by atoms with Crippen LogP contribution in [0.1, 0.15) is 6.92 Å². The topological polar surface area (TPSA) is 115 Å². The van der Waals surface area contributed by atoms with Crippen LogP contribution < -0.4 is 0 Å². The first-order valence-corrected chi connectivity index (χ1v) is 5.62. The van der Waals surface area contributed by atoms with Gasteiger partial charge < -0.3 is 19.6 Å². The summed E-state index contributed by atoms with van der Waals surface area (Å²) in [6.07, 6.45) is 0. The molecule has 0 aliphatic heterocycles. The molecule has 0 unspecified atom stereocenters. The van der Waals surface area contributed by atoms with E-state index in [2.05, 4.69) is 0 Å². The van der Waals surface area contributed by atoms with E-state index < -0.39 is 20.6 Å². The molecule has 0 aromatic heterocycles. The molecule has 6 nitrogen and oxygen atoms in total. The van der Waals surface area contributed by atoms with Crippen molar-refractivity contribution >= 4 is 96.1 Å². The molecule has 0 spiro atoms. The molecule has 0 rings (SSSR count). The van der Waals surface area contributed by atoms with E-state index in [4.69, 9.17) is 19.6 Å². The average Bonchev–Trinajstić information content (AvgIpc) is 1.59. The Kier molecular flexibility index (Phi) is 12.3. The van der Waals surface area contributed by atoms with Crippen LogP contribution in [0.3, 0.4) is 0 Å². The first kappa shape index (κ1) is 20.4. The third-order valence-corrected chi connectivity index (χ3v) is 4.73. The van der Waals surface area contributed by atoms with Crippen LogP contribution in [-0.4, -0.2) is 106 Å². The van der Waals surface area contributed by atoms with Crippen molar-refractivity contribution in [2.75, 3.05) is 0 Å². The Bertz CT molecular complexity index is 186. The third kappa shape index (κ3) is 8.26. The van der Waals surface area contributed by atoms with Gasteiger partial charge in [0.25, 0.3) is 0 Å². The molecule has 0 atom stereocenters. The van der Waals surface area contributed by atoms with Gasteiger partial charge in [0.1, 0.15) is 0 Å². The van der Waals surface area contributed by atoms with E-state index in [9.17, 15) is 9.13 Å². The van der Waals surface area contributed by atoms with Crippen LogP contribution in [0.5, 0.6) is 0 Å². The average molecular weight is 254 g/mol. The van der Waals surface area contributed by atoms with Gasteiger partial charge in [-0.25, -0.2) is 0 Å². The number of hydrogen-bond donors (Lipinski definition) is 4. The summed E-state index contributed by atoms with van der Waals surface area (Å²) in [6.45, 7) is 0.807. The zero-order chi connectivity index (χ0) is 8.58. The van der Waals surface area contributed by atoms with Crippen molar-refractivity contribution < 1.29 is 28.7 Å². The van der Waals surface area contributed by atoms with Gasteiger partial charge in [-0.3, -0.25) is 9.13 Å². The Labute approximate surface area is 135 Å². The molecule has 0 heterocycles. The number of rotatable bonds is 2. The molecule has 4 N–H and O–H groups in total. The van der Waals surface area contributed by atoms with Crippen LogP contribution in [-0.2, 0) is 9.13 Å². The second kappa shape index (κ2) is 7.25. The van der Waals surface area contributed by atoms with Crippen LogP contribution >= 0.6 is 15.2 Å². The molecule has 0 aliphatic carbocycles. The molecule has 12 heavy (non-hydrogen) atoms. The van der Waals surface area contributed by atoms with Crippen molar-refractivity contribution in [1.29, 1.82) is 0 Å². The van der Waals surface area contributed by atoms with Gasteiger partial charge in [0.05, 0.1) is 0 Å². The zero-order valence-electron chi connectivity index (χ0n) is 5.08. The van der Waals surface area contributed by atoms with Gasteiger partial charge in [-0.1, -0.05) is 0 Å². The monoisotopic (exact) mass is 254 g/mol. The van der Waals surface area contributed by atoms with Gasteiger partial charge in [-0.15, -0.1) is 0 Å². The fourth-order valence-electron chi connectivity index (χ4n) is 0.196. The maximum absolute atomic E-state index is 10.2. The molecule has 0 amide bonds. The van der Waals surface area contributed by atoms with E-state index >= 15 is 0 Å². The normalized spacial score (nSPS) is 11.8. The van der Waals surface area contributed by atoms with Crippen molar-refractivity contribution in [3.8, 4) is 0 Å². The third-order valence-electron chi connectivity index (χ3n) is 0.974. The van der Waals surface area contributed by atoms with Gasteiger partial charge in [-0.2, -0.15) is 0 Å². The van der Waals surface area contributed by atoms with Crippen molar-refractivity contribution in [3.63, 3.8) is 0 Å². The van der Waals surface area contributed by atoms with Crippen LogP contribution in [0.25, 0.3) is 0 Å². The molecule has 0 saturated carbocycles. The standard InChI is InChI=1S/C2H8O6P2.K.Na.2H/c1-2(9(3,4)5)10(6,7)8;;;;/h2H,1H3,(H2,3,4,5)(H2,6,7,8);;;;. The molecular formula is C2H10KNaO6P2. The first-order chi connectivity index (χ1) is 4.15. The molecular weight excluding hydrogens is 244 g/mol. The van der Waals surface area contributed by atoms with E-state index in [0.29, 0.717) is 0 Å². The van der Waals surface area contributed by atoms with Gasteiger partial charge >= 0.3 is 96.1 Å². The van der Waals surface area contributed by atoms with E-state index in [1.54, 1.807) is 0 Å². The summed E-state index contributed by atoms with van der Waals surface area (Å²) in [5.41, 5.74) is 0. The molecule has 10 heteroatoms. The van der Waals surface area contributed by atoms with Gasteiger partial charge in [0.15, 0.2) is 5.40 Å². The molecule has 0 saturated heterocycles. The van der Waals surface area contributed by atoms with E-state index in [1.807, 2.05) is 0 Å². The Hall–Kier alpha value is 2.94. The van der Waals surface area contributed by atoms with Crippen LogP contribution in [0, 0.1) is 0 Å². The van der Waals surface area contributed by atoms with Crippen LogP contribution in [0.4, 0.5) is 0 Å². The Morgan fingerprint density at radius 2 is 1.17 bits per heavy atom. The second-order valence-corrected chi connectivity index (χ2v) is 6.12. The summed E-state index contributed by atoms with van der Waals surface area (Å²) in [5.74, 6) is 0. The summed E-state index contributed by atoms with van der Waals surface area (Å²) >= 11 is 0. The molecule has 0 aromatic rings. The van der Waals surface area contributed by atoms with Crippen LogP contribution in [0.2, 0.25) is 0 Å². The Balaban J connectivity index is -0.000000405. The van der Waals surface area contributed by atoms with Crippen molar-refractivity contribution in [3.05, 3.63) is 0 Å². The fourth-order valence-corrected chi connectivity index (χ4v) is 1.76. The molecule has 0 radical (unpaired) electrons. The maximum atomic E-state index is 10.2. The summed E-state index contributed by atoms with van der Waals surface area (Å²) in [7, 11) is -9.28. The molecule has 0 aliphatic rings. The fraction of sp³-hybridized carbons (Fsp3) is 1.00. The van der Waals surface area contributed by atoms with Gasteiger partial charge in [0, 0.05) is 0 Å². The second-order valence-electron chi connectivity index (χ2n) is 1.81. The predicted octanol–water partition coefficient (Wildman–Crippen LogP) is -1.61. The Morgan fingerprint density at radius 1 is 1.00 bits per heavy atom. The van der Waals surface area contributed by atoms with E-state index in [1.165, 1.54) is 0 Å². The van der Waals surface area contributed by atoms with Gasteiger partial charge in [-0.05, 0) is 6.92 Å². The molecule has 66 valence electrons. The van der Waals surface area contributed by atoms with E-state index in [-0.39, 0.29) is 80.9 Å².